The van der Waals surface area contributed by atoms with E-state index in [1.165, 1.54) is 18.4 Å². The number of aromatic nitrogens is 1. The predicted molar refractivity (Wildman–Crippen MR) is 96.1 cm³/mol. The summed E-state index contributed by atoms with van der Waals surface area (Å²) in [6.45, 7) is 5.11. The van der Waals surface area contributed by atoms with Gasteiger partial charge in [0.1, 0.15) is 6.20 Å². The van der Waals surface area contributed by atoms with Crippen molar-refractivity contribution < 1.29 is 9.78 Å². The van der Waals surface area contributed by atoms with Crippen molar-refractivity contribution >= 4 is 11.7 Å². The van der Waals surface area contributed by atoms with Crippen LogP contribution in [0.3, 0.4) is 0 Å². The molecular weight excluding hydrogens is 298 g/mol. The first-order valence-corrected chi connectivity index (χ1v) is 8.81. The molecule has 1 saturated heterocycles. The van der Waals surface area contributed by atoms with Crippen LogP contribution in [0.5, 0.6) is 0 Å². The molecule has 1 amide bonds. The van der Waals surface area contributed by atoms with E-state index in [0.717, 1.165) is 31.2 Å². The minimum Gasteiger partial charge on any atom is -0.352 e. The highest BCUT2D eigenvalue weighted by atomic mass is 16.1. The van der Waals surface area contributed by atoms with Gasteiger partial charge in [-0.05, 0) is 36.8 Å². The highest BCUT2D eigenvalue weighted by Crippen LogP contribution is 2.19. The summed E-state index contributed by atoms with van der Waals surface area (Å²) in [5.74, 6) is 1.80. The van der Waals surface area contributed by atoms with E-state index in [0.29, 0.717) is 12.1 Å². The van der Waals surface area contributed by atoms with Gasteiger partial charge in [0.2, 0.25) is 0 Å². The molecule has 2 heterocycles. The number of carbonyl (C=O) groups excluding carboxylic acids is 1. The number of H-pyrrole nitrogens is 1. The first-order chi connectivity index (χ1) is 11.7. The molecular formula is C20H26N3O+. The predicted octanol–water partition coefficient (Wildman–Crippen LogP) is 2.71. The minimum atomic E-state index is -0.0271. The zero-order chi connectivity index (χ0) is 16.8. The van der Waals surface area contributed by atoms with Crippen molar-refractivity contribution in [3.05, 3.63) is 59.8 Å². The minimum absolute atomic E-state index is 0.0271. The van der Waals surface area contributed by atoms with E-state index in [-0.39, 0.29) is 5.91 Å². The molecule has 4 heteroatoms. The number of benzene rings is 1. The summed E-state index contributed by atoms with van der Waals surface area (Å²) in [6, 6.07) is 14.1. The fraction of sp³-hybridized carbons (Fsp3) is 0.400. The van der Waals surface area contributed by atoms with Crippen LogP contribution in [0.25, 0.3) is 0 Å². The average Bonchev–Trinajstić information content (AvgIpc) is 2.63. The molecule has 1 fully saturated rings. The van der Waals surface area contributed by atoms with Crippen molar-refractivity contribution in [2.24, 2.45) is 5.92 Å². The molecule has 1 atom stereocenters. The van der Waals surface area contributed by atoms with Crippen molar-refractivity contribution in [1.29, 1.82) is 0 Å². The number of hydrogen-bond acceptors (Lipinski definition) is 2. The fourth-order valence-electron chi connectivity index (χ4n) is 3.23. The SMILES string of the molecule is C[C@@H]1CCCN(c2ccc(C(=O)NCCc3ccccc3)c[nH+]2)C1. The second kappa shape index (κ2) is 7.95. The normalized spacial score (nSPS) is 17.5. The lowest BCUT2D eigenvalue weighted by Gasteiger charge is -2.25. The number of anilines is 1. The number of hydrogen-bond donors (Lipinski definition) is 1. The molecule has 0 unspecified atom stereocenters. The second-order valence-electron chi connectivity index (χ2n) is 6.65. The molecule has 0 bridgehead atoms. The van der Waals surface area contributed by atoms with Crippen LogP contribution in [-0.2, 0) is 6.42 Å². The summed E-state index contributed by atoms with van der Waals surface area (Å²) in [4.78, 5) is 17.9. The van der Waals surface area contributed by atoms with Crippen LogP contribution in [0, 0.1) is 5.92 Å². The maximum absolute atomic E-state index is 12.2. The molecule has 1 aliphatic rings. The van der Waals surface area contributed by atoms with Gasteiger partial charge in [0.15, 0.2) is 0 Å². The molecule has 1 aromatic carbocycles. The number of amides is 1. The lowest BCUT2D eigenvalue weighted by atomic mass is 10.0. The molecule has 0 aliphatic carbocycles. The number of aromatic amines is 1. The largest absolute Gasteiger partial charge is 0.352 e. The number of piperidine rings is 1. The van der Waals surface area contributed by atoms with Crippen LogP contribution in [-0.4, -0.2) is 25.5 Å². The summed E-state index contributed by atoms with van der Waals surface area (Å²) in [7, 11) is 0. The highest BCUT2D eigenvalue weighted by molar-refractivity contribution is 5.93. The van der Waals surface area contributed by atoms with Crippen molar-refractivity contribution in [2.45, 2.75) is 26.2 Å². The Labute approximate surface area is 143 Å². The first kappa shape index (κ1) is 16.5. The van der Waals surface area contributed by atoms with E-state index in [1.807, 2.05) is 36.5 Å². The molecule has 1 aliphatic heterocycles. The summed E-state index contributed by atoms with van der Waals surface area (Å²) in [5.41, 5.74) is 1.91. The average molecular weight is 324 g/mol. The summed E-state index contributed by atoms with van der Waals surface area (Å²) < 4.78 is 0. The third kappa shape index (κ3) is 4.34. The summed E-state index contributed by atoms with van der Waals surface area (Å²) in [6.07, 6.45) is 5.20. The molecule has 0 radical (unpaired) electrons. The van der Waals surface area contributed by atoms with Crippen LogP contribution in [0.2, 0.25) is 0 Å². The van der Waals surface area contributed by atoms with Gasteiger partial charge < -0.3 is 5.32 Å². The Bertz CT molecular complexity index is 654. The smallest absolute Gasteiger partial charge is 0.274 e. The third-order valence-corrected chi connectivity index (χ3v) is 4.60. The summed E-state index contributed by atoms with van der Waals surface area (Å²) in [5, 5.41) is 2.98. The Hall–Kier alpha value is -2.36. The highest BCUT2D eigenvalue weighted by Gasteiger charge is 2.23. The monoisotopic (exact) mass is 324 g/mol. The van der Waals surface area contributed by atoms with Crippen LogP contribution < -0.4 is 15.2 Å². The van der Waals surface area contributed by atoms with Gasteiger partial charge >= 0.3 is 0 Å². The number of rotatable bonds is 5. The van der Waals surface area contributed by atoms with Gasteiger partial charge in [-0.25, -0.2) is 4.98 Å². The van der Waals surface area contributed by atoms with Crippen molar-refractivity contribution in [3.63, 3.8) is 0 Å². The number of nitrogens with one attached hydrogen (secondary N) is 2. The van der Waals surface area contributed by atoms with Crippen LogP contribution in [0.15, 0.2) is 48.7 Å². The van der Waals surface area contributed by atoms with Crippen LogP contribution >= 0.6 is 0 Å². The molecule has 2 aromatic rings. The molecule has 24 heavy (non-hydrogen) atoms. The van der Waals surface area contributed by atoms with Gasteiger partial charge in [0.25, 0.3) is 11.7 Å². The third-order valence-electron chi connectivity index (χ3n) is 4.60. The number of pyridine rings is 1. The molecule has 0 spiro atoms. The Kier molecular flexibility index (Phi) is 5.47. The summed E-state index contributed by atoms with van der Waals surface area (Å²) >= 11 is 0. The topological polar surface area (TPSA) is 46.5 Å². The lowest BCUT2D eigenvalue weighted by molar-refractivity contribution is -0.364. The van der Waals surface area contributed by atoms with Crippen molar-refractivity contribution in [2.75, 3.05) is 24.5 Å². The zero-order valence-electron chi connectivity index (χ0n) is 14.3. The van der Waals surface area contributed by atoms with Gasteiger partial charge in [0, 0.05) is 12.6 Å². The lowest BCUT2D eigenvalue weighted by Crippen LogP contribution is -2.38. The van der Waals surface area contributed by atoms with E-state index >= 15 is 0 Å². The Morgan fingerprint density at radius 1 is 1.25 bits per heavy atom. The van der Waals surface area contributed by atoms with E-state index in [4.69, 9.17) is 0 Å². The maximum Gasteiger partial charge on any atom is 0.274 e. The quantitative estimate of drug-likeness (QED) is 0.919. The van der Waals surface area contributed by atoms with E-state index < -0.39 is 0 Å². The molecule has 126 valence electrons. The van der Waals surface area contributed by atoms with Gasteiger partial charge in [-0.1, -0.05) is 37.3 Å². The van der Waals surface area contributed by atoms with Crippen LogP contribution in [0.4, 0.5) is 5.82 Å². The standard InChI is InChI=1S/C20H25N3O/c1-16-6-5-13-23(15-16)19-10-9-18(14-22-19)20(24)21-12-11-17-7-3-2-4-8-17/h2-4,7-10,14,16H,5-6,11-13,15H2,1H3,(H,21,24)/p+1/t16-/m1/s1. The van der Waals surface area contributed by atoms with Crippen LogP contribution in [0.1, 0.15) is 35.7 Å². The molecule has 3 rings (SSSR count). The molecule has 1 aromatic heterocycles. The van der Waals surface area contributed by atoms with Crippen molar-refractivity contribution in [1.82, 2.24) is 5.32 Å². The first-order valence-electron chi connectivity index (χ1n) is 8.81. The number of nitrogens with zero attached hydrogens (tertiary/aromatic N) is 1. The van der Waals surface area contributed by atoms with Crippen molar-refractivity contribution in [3.8, 4) is 0 Å². The fourth-order valence-corrected chi connectivity index (χ4v) is 3.23. The Balaban J connectivity index is 1.52. The Morgan fingerprint density at radius 2 is 2.08 bits per heavy atom. The van der Waals surface area contributed by atoms with E-state index in [2.05, 4.69) is 34.3 Å². The second-order valence-corrected chi connectivity index (χ2v) is 6.65. The maximum atomic E-state index is 12.2. The zero-order valence-corrected chi connectivity index (χ0v) is 14.3. The van der Waals surface area contributed by atoms with E-state index in [1.54, 1.807) is 0 Å². The molecule has 4 nitrogen and oxygen atoms in total. The van der Waals surface area contributed by atoms with Gasteiger partial charge in [-0.15, -0.1) is 0 Å². The van der Waals surface area contributed by atoms with Gasteiger partial charge in [0.05, 0.1) is 18.7 Å². The Morgan fingerprint density at radius 3 is 2.79 bits per heavy atom. The van der Waals surface area contributed by atoms with Gasteiger partial charge in [-0.3, -0.25) is 9.69 Å². The molecule has 0 saturated carbocycles. The number of carbonyl (C=O) groups is 1. The van der Waals surface area contributed by atoms with E-state index in [9.17, 15) is 4.79 Å². The van der Waals surface area contributed by atoms with Gasteiger partial charge in [-0.2, -0.15) is 0 Å². The molecule has 2 N–H and O–H groups in total.